The fourth-order valence-corrected chi connectivity index (χ4v) is 7.18. The van der Waals surface area contributed by atoms with Crippen molar-refractivity contribution in [3.63, 3.8) is 0 Å². The fraction of sp³-hybridized carbons (Fsp3) is 1.00. The SMILES string of the molecule is CC(C)(O)CON1C(C)(C)CC(NCCCCCCNC2CC(C)(C)N(OCC(C)(C)O)C(C)(C)C2)CC1(C)C. The van der Waals surface area contributed by atoms with Crippen LogP contribution in [-0.4, -0.2) is 92.1 Å². The van der Waals surface area contributed by atoms with Gasteiger partial charge in [-0.2, -0.15) is 10.1 Å². The van der Waals surface area contributed by atoms with Crippen molar-refractivity contribution in [3.8, 4) is 0 Å². The van der Waals surface area contributed by atoms with Gasteiger partial charge in [0.05, 0.1) is 24.4 Å². The summed E-state index contributed by atoms with van der Waals surface area (Å²) in [7, 11) is 0. The maximum atomic E-state index is 10.1. The molecule has 0 aromatic heterocycles. The Morgan fingerprint density at radius 3 is 1.10 bits per heavy atom. The lowest BCUT2D eigenvalue weighted by atomic mass is 9.79. The summed E-state index contributed by atoms with van der Waals surface area (Å²) in [4.78, 5) is 12.3. The van der Waals surface area contributed by atoms with E-state index < -0.39 is 11.2 Å². The highest BCUT2D eigenvalue weighted by Crippen LogP contribution is 2.40. The fourth-order valence-electron chi connectivity index (χ4n) is 7.18. The Kier molecular flexibility index (Phi) is 12.1. The number of piperidine rings is 2. The van der Waals surface area contributed by atoms with Crippen LogP contribution in [0.25, 0.3) is 0 Å². The van der Waals surface area contributed by atoms with Crippen molar-refractivity contribution >= 4 is 0 Å². The van der Waals surface area contributed by atoms with Gasteiger partial charge in [0.25, 0.3) is 0 Å². The minimum atomic E-state index is -0.838. The van der Waals surface area contributed by atoms with Crippen molar-refractivity contribution in [1.82, 2.24) is 20.8 Å². The number of hydrogen-bond donors (Lipinski definition) is 4. The lowest BCUT2D eigenvalue weighted by Gasteiger charge is -2.54. The minimum absolute atomic E-state index is 0.100. The zero-order valence-corrected chi connectivity index (χ0v) is 28.2. The Morgan fingerprint density at radius 1 is 0.575 bits per heavy atom. The van der Waals surface area contributed by atoms with Crippen molar-refractivity contribution in [1.29, 1.82) is 0 Å². The smallest absolute Gasteiger partial charge is 0.0967 e. The first kappa shape index (κ1) is 35.9. The van der Waals surface area contributed by atoms with Crippen LogP contribution < -0.4 is 10.6 Å². The lowest BCUT2D eigenvalue weighted by molar-refractivity contribution is -0.299. The van der Waals surface area contributed by atoms with Gasteiger partial charge in [0.15, 0.2) is 0 Å². The van der Waals surface area contributed by atoms with E-state index in [4.69, 9.17) is 9.68 Å². The van der Waals surface area contributed by atoms with Crippen LogP contribution in [-0.2, 0) is 9.68 Å². The molecule has 0 atom stereocenters. The van der Waals surface area contributed by atoms with E-state index in [1.807, 2.05) is 0 Å². The van der Waals surface area contributed by atoms with Crippen LogP contribution >= 0.6 is 0 Å². The van der Waals surface area contributed by atoms with Gasteiger partial charge < -0.3 is 20.8 Å². The van der Waals surface area contributed by atoms with Gasteiger partial charge in [-0.15, -0.1) is 0 Å². The Labute approximate surface area is 246 Å². The Balaban J connectivity index is 1.66. The molecule has 2 rings (SSSR count). The van der Waals surface area contributed by atoms with Crippen LogP contribution in [0.2, 0.25) is 0 Å². The molecule has 40 heavy (non-hydrogen) atoms. The van der Waals surface area contributed by atoms with Gasteiger partial charge in [0.1, 0.15) is 0 Å². The second-order valence-electron chi connectivity index (χ2n) is 16.5. The molecule has 2 heterocycles. The normalized spacial score (nSPS) is 24.4. The number of hydroxylamine groups is 4. The molecule has 4 N–H and O–H groups in total. The molecular weight excluding hydrogens is 504 g/mol. The molecule has 2 aliphatic heterocycles. The maximum absolute atomic E-state index is 10.1. The standard InChI is InChI=1S/C32H66N4O4/c1-27(2)19-25(20-28(3,4)35(27)39-23-31(9,10)37)33-17-15-13-14-16-18-34-26-21-29(5,6)36(30(7,8)22-26)40-24-32(11,12)38/h25-26,33-34,37-38H,13-24H2,1-12H3. The van der Waals surface area contributed by atoms with E-state index >= 15 is 0 Å². The minimum Gasteiger partial charge on any atom is -0.388 e. The van der Waals surface area contributed by atoms with Crippen LogP contribution in [0.4, 0.5) is 0 Å². The summed E-state index contributed by atoms with van der Waals surface area (Å²) in [5, 5.41) is 32.2. The van der Waals surface area contributed by atoms with Gasteiger partial charge in [-0.3, -0.25) is 9.68 Å². The molecule has 0 spiro atoms. The highest BCUT2D eigenvalue weighted by Gasteiger charge is 2.48. The van der Waals surface area contributed by atoms with Crippen LogP contribution in [0.3, 0.4) is 0 Å². The summed E-state index contributed by atoms with van der Waals surface area (Å²) < 4.78 is 0. The van der Waals surface area contributed by atoms with Gasteiger partial charge in [0.2, 0.25) is 0 Å². The molecule has 8 nitrogen and oxygen atoms in total. The molecule has 0 aliphatic carbocycles. The summed E-state index contributed by atoms with van der Waals surface area (Å²) in [5.74, 6) is 0. The predicted molar refractivity (Wildman–Crippen MR) is 165 cm³/mol. The quantitative estimate of drug-likeness (QED) is 0.201. The van der Waals surface area contributed by atoms with Crippen LogP contribution in [0.15, 0.2) is 0 Å². The van der Waals surface area contributed by atoms with E-state index in [-0.39, 0.29) is 22.2 Å². The molecule has 0 radical (unpaired) electrons. The summed E-state index contributed by atoms with van der Waals surface area (Å²) >= 11 is 0. The van der Waals surface area contributed by atoms with Crippen molar-refractivity contribution < 1.29 is 19.9 Å². The molecule has 0 aromatic rings. The average molecular weight is 571 g/mol. The number of aliphatic hydroxyl groups is 2. The summed E-state index contributed by atoms with van der Waals surface area (Å²) in [6.45, 7) is 27.8. The largest absolute Gasteiger partial charge is 0.388 e. The first-order valence-corrected chi connectivity index (χ1v) is 15.8. The van der Waals surface area contributed by atoms with Crippen LogP contribution in [0.1, 0.15) is 134 Å². The summed E-state index contributed by atoms with van der Waals surface area (Å²) in [6.07, 6.45) is 9.01. The monoisotopic (exact) mass is 571 g/mol. The van der Waals surface area contributed by atoms with E-state index in [0.29, 0.717) is 25.3 Å². The molecule has 0 aromatic carbocycles. The first-order chi connectivity index (χ1) is 18.0. The number of nitrogens with one attached hydrogen (secondary N) is 2. The topological polar surface area (TPSA) is 89.5 Å². The van der Waals surface area contributed by atoms with Gasteiger partial charge in [-0.1, -0.05) is 12.8 Å². The van der Waals surface area contributed by atoms with Gasteiger partial charge in [-0.05, 0) is 135 Å². The number of hydrogen-bond acceptors (Lipinski definition) is 8. The molecule has 0 amide bonds. The molecule has 0 saturated carbocycles. The molecule has 2 fully saturated rings. The van der Waals surface area contributed by atoms with Crippen molar-refractivity contribution in [2.24, 2.45) is 0 Å². The van der Waals surface area contributed by atoms with Crippen LogP contribution in [0, 0.1) is 0 Å². The average Bonchev–Trinajstić information content (AvgIpc) is 2.70. The van der Waals surface area contributed by atoms with E-state index in [0.717, 1.165) is 38.8 Å². The molecular formula is C32H66N4O4. The summed E-state index contributed by atoms with van der Waals surface area (Å²) in [5.41, 5.74) is -2.08. The molecule has 8 heteroatoms. The van der Waals surface area contributed by atoms with Crippen LogP contribution in [0.5, 0.6) is 0 Å². The molecule has 0 unspecified atom stereocenters. The third-order valence-corrected chi connectivity index (χ3v) is 8.25. The van der Waals surface area contributed by atoms with E-state index in [2.05, 4.69) is 76.1 Å². The number of rotatable bonds is 15. The molecule has 238 valence electrons. The second kappa shape index (κ2) is 13.5. The van der Waals surface area contributed by atoms with E-state index in [9.17, 15) is 10.2 Å². The first-order valence-electron chi connectivity index (χ1n) is 15.8. The van der Waals surface area contributed by atoms with Crippen molar-refractivity contribution in [2.45, 2.75) is 180 Å². The number of nitrogens with zero attached hydrogens (tertiary/aromatic N) is 2. The highest BCUT2D eigenvalue weighted by atomic mass is 16.7. The molecule has 2 aliphatic rings. The molecule has 2 saturated heterocycles. The Morgan fingerprint density at radius 2 is 0.850 bits per heavy atom. The van der Waals surface area contributed by atoms with Gasteiger partial charge >= 0.3 is 0 Å². The highest BCUT2D eigenvalue weighted by molar-refractivity contribution is 5.00. The Bertz CT molecular complexity index is 670. The van der Waals surface area contributed by atoms with Crippen molar-refractivity contribution in [2.75, 3.05) is 26.3 Å². The van der Waals surface area contributed by atoms with Gasteiger partial charge in [-0.25, -0.2) is 0 Å². The zero-order chi connectivity index (χ0) is 30.6. The van der Waals surface area contributed by atoms with E-state index in [1.54, 1.807) is 27.7 Å². The number of unbranched alkanes of at least 4 members (excludes halogenated alkanes) is 3. The third kappa shape index (κ3) is 11.4. The van der Waals surface area contributed by atoms with Gasteiger partial charge in [0, 0.05) is 34.2 Å². The van der Waals surface area contributed by atoms with Crippen molar-refractivity contribution in [3.05, 3.63) is 0 Å². The van der Waals surface area contributed by atoms with E-state index in [1.165, 1.54) is 25.7 Å². The lowest BCUT2D eigenvalue weighted by Crippen LogP contribution is -2.64. The second-order valence-corrected chi connectivity index (χ2v) is 16.5. The third-order valence-electron chi connectivity index (χ3n) is 8.25. The maximum Gasteiger partial charge on any atom is 0.0967 e. The Hall–Kier alpha value is -0.320. The molecule has 0 bridgehead atoms. The zero-order valence-electron chi connectivity index (χ0n) is 28.2. The predicted octanol–water partition coefficient (Wildman–Crippen LogP) is 5.17. The summed E-state index contributed by atoms with van der Waals surface area (Å²) in [6, 6.07) is 0.942.